The molecule has 0 spiro atoms. The Kier molecular flexibility index (Phi) is 3.18. The van der Waals surface area contributed by atoms with Crippen LogP contribution in [-0.2, 0) is 12.8 Å². The van der Waals surface area contributed by atoms with E-state index in [2.05, 4.69) is 4.74 Å². The Morgan fingerprint density at radius 1 is 1.33 bits per heavy atom. The molecule has 1 N–H and O–H groups in total. The molecule has 0 aliphatic carbocycles. The smallest absolute Gasteiger partial charge is 0.419 e. The lowest BCUT2D eigenvalue weighted by Crippen LogP contribution is -2.09. The highest BCUT2D eigenvalue weighted by Crippen LogP contribution is 2.35. The van der Waals surface area contributed by atoms with Crippen molar-refractivity contribution in [3.8, 4) is 5.75 Å². The van der Waals surface area contributed by atoms with Gasteiger partial charge in [-0.15, -0.1) is 0 Å². The first kappa shape index (κ1) is 11.8. The summed E-state index contributed by atoms with van der Waals surface area (Å²) in [5, 5.41) is 8.74. The van der Waals surface area contributed by atoms with Crippen LogP contribution in [0.3, 0.4) is 0 Å². The van der Waals surface area contributed by atoms with Gasteiger partial charge in [0, 0.05) is 5.56 Å². The molecule has 0 amide bonds. The van der Waals surface area contributed by atoms with Crippen LogP contribution < -0.4 is 4.74 Å². The van der Waals surface area contributed by atoms with Crippen LogP contribution in [0.4, 0.5) is 17.6 Å². The first-order chi connectivity index (χ1) is 6.90. The van der Waals surface area contributed by atoms with Crippen molar-refractivity contribution in [2.75, 3.05) is 7.11 Å². The van der Waals surface area contributed by atoms with E-state index >= 15 is 0 Å². The summed E-state index contributed by atoms with van der Waals surface area (Å²) >= 11 is 0. The minimum Gasteiger partial charge on any atom is -0.496 e. The highest BCUT2D eigenvalue weighted by atomic mass is 19.4. The van der Waals surface area contributed by atoms with E-state index in [0.29, 0.717) is 12.1 Å². The minimum absolute atomic E-state index is 0.0250. The molecule has 6 heteroatoms. The second kappa shape index (κ2) is 4.06. The zero-order valence-electron chi connectivity index (χ0n) is 7.73. The van der Waals surface area contributed by atoms with Crippen molar-refractivity contribution in [1.29, 1.82) is 0 Å². The number of hydrogen-bond acceptors (Lipinski definition) is 2. The van der Waals surface area contributed by atoms with Crippen molar-refractivity contribution < 1.29 is 27.4 Å². The van der Waals surface area contributed by atoms with Gasteiger partial charge in [0.1, 0.15) is 11.6 Å². The molecule has 0 atom stereocenters. The van der Waals surface area contributed by atoms with Gasteiger partial charge in [-0.25, -0.2) is 4.39 Å². The van der Waals surface area contributed by atoms with Crippen molar-refractivity contribution in [2.45, 2.75) is 12.8 Å². The first-order valence-electron chi connectivity index (χ1n) is 3.94. The van der Waals surface area contributed by atoms with Gasteiger partial charge in [0.15, 0.2) is 0 Å². The molecule has 84 valence electrons. The fraction of sp³-hybridized carbons (Fsp3) is 0.333. The minimum atomic E-state index is -4.77. The summed E-state index contributed by atoms with van der Waals surface area (Å²) in [6.07, 6.45) is -4.77. The fourth-order valence-corrected chi connectivity index (χ4v) is 1.13. The third kappa shape index (κ3) is 2.38. The van der Waals surface area contributed by atoms with Gasteiger partial charge in [-0.05, 0) is 12.1 Å². The molecular weight excluding hydrogens is 216 g/mol. The van der Waals surface area contributed by atoms with Gasteiger partial charge in [0.05, 0.1) is 19.3 Å². The largest absolute Gasteiger partial charge is 0.496 e. The van der Waals surface area contributed by atoms with Gasteiger partial charge in [-0.1, -0.05) is 0 Å². The van der Waals surface area contributed by atoms with Crippen molar-refractivity contribution >= 4 is 0 Å². The van der Waals surface area contributed by atoms with Gasteiger partial charge in [0.25, 0.3) is 0 Å². The summed E-state index contributed by atoms with van der Waals surface area (Å²) in [5.74, 6) is -1.61. The standard InChI is InChI=1S/C9H8F4O2/c1-15-8-3-6(9(11,12)13)7(10)2-5(8)4-14/h2-3,14H,4H2,1H3. The molecule has 1 rings (SSSR count). The number of aliphatic hydroxyl groups is 1. The molecule has 1 aromatic carbocycles. The summed E-state index contributed by atoms with van der Waals surface area (Å²) in [6, 6.07) is 1.14. The summed E-state index contributed by atoms with van der Waals surface area (Å²) in [6.45, 7) is -0.585. The summed E-state index contributed by atoms with van der Waals surface area (Å²) < 4.78 is 54.3. The van der Waals surface area contributed by atoms with Crippen molar-refractivity contribution in [3.63, 3.8) is 0 Å². The molecular formula is C9H8F4O2. The monoisotopic (exact) mass is 224 g/mol. The summed E-state index contributed by atoms with van der Waals surface area (Å²) in [4.78, 5) is 0. The average molecular weight is 224 g/mol. The number of aliphatic hydroxyl groups excluding tert-OH is 1. The summed E-state index contributed by atoms with van der Waals surface area (Å²) in [7, 11) is 1.15. The second-order valence-corrected chi connectivity index (χ2v) is 2.80. The average Bonchev–Trinajstić information content (AvgIpc) is 2.15. The van der Waals surface area contributed by atoms with Gasteiger partial charge in [-0.3, -0.25) is 0 Å². The molecule has 0 aromatic heterocycles. The normalized spacial score (nSPS) is 11.6. The van der Waals surface area contributed by atoms with Crippen LogP contribution in [0.25, 0.3) is 0 Å². The predicted octanol–water partition coefficient (Wildman–Crippen LogP) is 2.35. The molecule has 0 saturated carbocycles. The highest BCUT2D eigenvalue weighted by molar-refractivity contribution is 5.39. The molecule has 0 aliphatic heterocycles. The van der Waals surface area contributed by atoms with Crippen molar-refractivity contribution in [1.82, 2.24) is 0 Å². The molecule has 0 saturated heterocycles. The predicted molar refractivity (Wildman–Crippen MR) is 43.9 cm³/mol. The summed E-state index contributed by atoms with van der Waals surface area (Å²) in [5.41, 5.74) is -1.43. The van der Waals surface area contributed by atoms with Crippen LogP contribution in [0.5, 0.6) is 5.75 Å². The highest BCUT2D eigenvalue weighted by Gasteiger charge is 2.35. The maximum atomic E-state index is 13.0. The van der Waals surface area contributed by atoms with E-state index in [1.54, 1.807) is 0 Å². The Labute approximate surface area is 83.1 Å². The lowest BCUT2D eigenvalue weighted by Gasteiger charge is -2.12. The van der Waals surface area contributed by atoms with Gasteiger partial charge < -0.3 is 9.84 Å². The van der Waals surface area contributed by atoms with E-state index in [9.17, 15) is 17.6 Å². The molecule has 0 bridgehead atoms. The molecule has 1 aromatic rings. The molecule has 0 radical (unpaired) electrons. The molecule has 2 nitrogen and oxygen atoms in total. The number of rotatable bonds is 2. The molecule has 15 heavy (non-hydrogen) atoms. The topological polar surface area (TPSA) is 29.5 Å². The second-order valence-electron chi connectivity index (χ2n) is 2.80. The van der Waals surface area contributed by atoms with Crippen LogP contribution in [0.15, 0.2) is 12.1 Å². The Morgan fingerprint density at radius 2 is 1.93 bits per heavy atom. The van der Waals surface area contributed by atoms with Crippen LogP contribution >= 0.6 is 0 Å². The van der Waals surface area contributed by atoms with Gasteiger partial charge >= 0.3 is 6.18 Å². The Balaban J connectivity index is 3.32. The zero-order valence-corrected chi connectivity index (χ0v) is 7.73. The maximum Gasteiger partial charge on any atom is 0.419 e. The number of benzene rings is 1. The third-order valence-electron chi connectivity index (χ3n) is 1.85. The van der Waals surface area contributed by atoms with Gasteiger partial charge in [-0.2, -0.15) is 13.2 Å². The fourth-order valence-electron chi connectivity index (χ4n) is 1.13. The number of ether oxygens (including phenoxy) is 1. The van der Waals surface area contributed by atoms with Crippen LogP contribution in [0.2, 0.25) is 0 Å². The molecule has 0 unspecified atom stereocenters. The van der Waals surface area contributed by atoms with E-state index in [1.807, 2.05) is 0 Å². The van der Waals surface area contributed by atoms with E-state index in [-0.39, 0.29) is 11.3 Å². The Morgan fingerprint density at radius 3 is 2.33 bits per heavy atom. The zero-order chi connectivity index (χ0) is 11.6. The number of alkyl halides is 3. The lowest BCUT2D eigenvalue weighted by atomic mass is 10.1. The lowest BCUT2D eigenvalue weighted by molar-refractivity contribution is -0.140. The van der Waals surface area contributed by atoms with Crippen LogP contribution in [-0.4, -0.2) is 12.2 Å². The number of methoxy groups -OCH3 is 1. The molecule has 0 fully saturated rings. The first-order valence-corrected chi connectivity index (χ1v) is 3.94. The van der Waals surface area contributed by atoms with E-state index < -0.39 is 24.2 Å². The maximum absolute atomic E-state index is 13.0. The van der Waals surface area contributed by atoms with E-state index in [0.717, 1.165) is 7.11 Å². The number of hydrogen-bond donors (Lipinski definition) is 1. The van der Waals surface area contributed by atoms with E-state index in [1.165, 1.54) is 0 Å². The molecule has 0 heterocycles. The van der Waals surface area contributed by atoms with Crippen LogP contribution in [0.1, 0.15) is 11.1 Å². The SMILES string of the molecule is COc1cc(C(F)(F)F)c(F)cc1CO. The van der Waals surface area contributed by atoms with Crippen molar-refractivity contribution in [2.24, 2.45) is 0 Å². The van der Waals surface area contributed by atoms with Crippen LogP contribution in [0, 0.1) is 5.82 Å². The Bertz CT molecular complexity index is 360. The van der Waals surface area contributed by atoms with E-state index in [4.69, 9.17) is 5.11 Å². The van der Waals surface area contributed by atoms with Crippen molar-refractivity contribution in [3.05, 3.63) is 29.1 Å². The van der Waals surface area contributed by atoms with Gasteiger partial charge in [0.2, 0.25) is 0 Å². The number of halogens is 4. The Hall–Kier alpha value is -1.30. The third-order valence-corrected chi connectivity index (χ3v) is 1.85. The quantitative estimate of drug-likeness (QED) is 0.781. The molecule has 0 aliphatic rings.